The van der Waals surface area contributed by atoms with Crippen LogP contribution in [0.4, 0.5) is 4.39 Å². The van der Waals surface area contributed by atoms with Crippen LogP contribution < -0.4 is 10.1 Å². The highest BCUT2D eigenvalue weighted by Crippen LogP contribution is 2.28. The smallest absolute Gasteiger partial charge is 0.257 e. The Bertz CT molecular complexity index is 655. The maximum absolute atomic E-state index is 12.8. The zero-order valence-corrected chi connectivity index (χ0v) is 14.2. The number of amides is 1. The molecule has 0 spiro atoms. The molecule has 0 aliphatic rings. The summed E-state index contributed by atoms with van der Waals surface area (Å²) in [6, 6.07) is 14.1. The molecule has 0 bridgehead atoms. The number of carbonyl (C=O) groups is 1. The van der Waals surface area contributed by atoms with E-state index in [0.29, 0.717) is 18.9 Å². The number of nitrogens with one attached hydrogen (secondary N) is 1. The summed E-state index contributed by atoms with van der Waals surface area (Å²) in [6.07, 6.45) is 1.68. The monoisotopic (exact) mass is 329 g/mol. The lowest BCUT2D eigenvalue weighted by Gasteiger charge is -2.15. The van der Waals surface area contributed by atoms with E-state index in [1.165, 1.54) is 12.1 Å². The Labute approximate surface area is 142 Å². The molecule has 128 valence electrons. The van der Waals surface area contributed by atoms with Crippen LogP contribution in [0.25, 0.3) is 0 Å². The Morgan fingerprint density at radius 1 is 1.17 bits per heavy atom. The molecule has 0 radical (unpaired) electrons. The zero-order chi connectivity index (χ0) is 17.4. The van der Waals surface area contributed by atoms with Crippen LogP contribution in [-0.4, -0.2) is 19.1 Å². The molecular formula is C20H24FNO2. The number of hydrogen-bond acceptors (Lipinski definition) is 2. The van der Waals surface area contributed by atoms with Crippen LogP contribution in [-0.2, 0) is 11.2 Å². The summed E-state index contributed by atoms with van der Waals surface area (Å²) in [4.78, 5) is 11.9. The van der Waals surface area contributed by atoms with E-state index in [1.54, 1.807) is 12.1 Å². The summed E-state index contributed by atoms with van der Waals surface area (Å²) < 4.78 is 18.5. The first-order valence-electron chi connectivity index (χ1n) is 8.33. The van der Waals surface area contributed by atoms with Crippen molar-refractivity contribution in [2.45, 2.75) is 32.6 Å². The molecule has 4 heteroatoms. The lowest BCUT2D eigenvalue weighted by molar-refractivity contribution is -0.123. The van der Waals surface area contributed by atoms with Crippen molar-refractivity contribution in [3.05, 3.63) is 65.5 Å². The van der Waals surface area contributed by atoms with Crippen LogP contribution in [0, 0.1) is 5.82 Å². The molecule has 1 amide bonds. The average Bonchev–Trinajstić information content (AvgIpc) is 2.61. The number of para-hydroxylation sites is 1. The van der Waals surface area contributed by atoms with Crippen molar-refractivity contribution in [3.63, 3.8) is 0 Å². The van der Waals surface area contributed by atoms with Crippen molar-refractivity contribution in [1.29, 1.82) is 0 Å². The third-order valence-corrected chi connectivity index (χ3v) is 4.07. The van der Waals surface area contributed by atoms with Crippen LogP contribution in [0.3, 0.4) is 0 Å². The molecular weight excluding hydrogens is 305 g/mol. The second-order valence-electron chi connectivity index (χ2n) is 5.86. The molecule has 0 heterocycles. The second-order valence-corrected chi connectivity index (χ2v) is 5.86. The van der Waals surface area contributed by atoms with Gasteiger partial charge in [0.25, 0.3) is 5.91 Å². The number of ether oxygens (including phenoxy) is 1. The van der Waals surface area contributed by atoms with Gasteiger partial charge < -0.3 is 10.1 Å². The van der Waals surface area contributed by atoms with Gasteiger partial charge in [0.05, 0.1) is 0 Å². The van der Waals surface area contributed by atoms with Crippen molar-refractivity contribution in [1.82, 2.24) is 5.32 Å². The minimum atomic E-state index is -0.254. The van der Waals surface area contributed by atoms with Gasteiger partial charge in [-0.3, -0.25) is 4.79 Å². The lowest BCUT2D eigenvalue weighted by Crippen LogP contribution is -2.30. The van der Waals surface area contributed by atoms with Crippen molar-refractivity contribution in [3.8, 4) is 5.75 Å². The summed E-state index contributed by atoms with van der Waals surface area (Å²) >= 11 is 0. The SMILES string of the molecule is CCC(C)c1ccccc1OCC(=O)NCCc1ccc(F)cc1. The molecule has 2 rings (SSSR count). The fourth-order valence-electron chi connectivity index (χ4n) is 2.43. The van der Waals surface area contributed by atoms with Crippen LogP contribution >= 0.6 is 0 Å². The van der Waals surface area contributed by atoms with Crippen LogP contribution in [0.5, 0.6) is 5.75 Å². The third-order valence-electron chi connectivity index (χ3n) is 4.07. The predicted molar refractivity (Wildman–Crippen MR) is 93.8 cm³/mol. The normalized spacial score (nSPS) is 11.8. The summed E-state index contributed by atoms with van der Waals surface area (Å²) in [6.45, 7) is 4.77. The molecule has 3 nitrogen and oxygen atoms in total. The van der Waals surface area contributed by atoms with Gasteiger partial charge in [-0.15, -0.1) is 0 Å². The number of halogens is 1. The lowest BCUT2D eigenvalue weighted by atomic mass is 9.98. The van der Waals surface area contributed by atoms with Crippen LogP contribution in [0.2, 0.25) is 0 Å². The third kappa shape index (κ3) is 5.37. The van der Waals surface area contributed by atoms with Gasteiger partial charge in [0.15, 0.2) is 6.61 Å². The van der Waals surface area contributed by atoms with Crippen molar-refractivity contribution in [2.24, 2.45) is 0 Å². The quantitative estimate of drug-likeness (QED) is 0.792. The molecule has 1 unspecified atom stereocenters. The molecule has 24 heavy (non-hydrogen) atoms. The van der Waals surface area contributed by atoms with Gasteiger partial charge >= 0.3 is 0 Å². The summed E-state index contributed by atoms with van der Waals surface area (Å²) in [7, 11) is 0. The minimum absolute atomic E-state index is 0.00311. The number of benzene rings is 2. The van der Waals surface area contributed by atoms with Crippen LogP contribution in [0.15, 0.2) is 48.5 Å². The fourth-order valence-corrected chi connectivity index (χ4v) is 2.43. The second kappa shape index (κ2) is 9.06. The maximum atomic E-state index is 12.8. The highest BCUT2D eigenvalue weighted by molar-refractivity contribution is 5.77. The standard InChI is InChI=1S/C20H24FNO2/c1-3-15(2)18-6-4-5-7-19(18)24-14-20(23)22-13-12-16-8-10-17(21)11-9-16/h4-11,15H,3,12-14H2,1-2H3,(H,22,23). The Kier molecular flexibility index (Phi) is 6.79. The van der Waals surface area contributed by atoms with Gasteiger partial charge in [-0.25, -0.2) is 4.39 Å². The van der Waals surface area contributed by atoms with E-state index in [1.807, 2.05) is 24.3 Å². The molecule has 0 aliphatic carbocycles. The summed E-state index contributed by atoms with van der Waals surface area (Å²) in [5, 5.41) is 2.82. The fraction of sp³-hybridized carbons (Fsp3) is 0.350. The van der Waals surface area contributed by atoms with Crippen LogP contribution in [0.1, 0.15) is 37.3 Å². The highest BCUT2D eigenvalue weighted by Gasteiger charge is 2.11. The largest absolute Gasteiger partial charge is 0.483 e. The van der Waals surface area contributed by atoms with Gasteiger partial charge in [-0.1, -0.05) is 44.2 Å². The summed E-state index contributed by atoms with van der Waals surface area (Å²) in [5.41, 5.74) is 2.11. The van der Waals surface area contributed by atoms with Crippen molar-refractivity contribution in [2.75, 3.05) is 13.2 Å². The van der Waals surface area contributed by atoms with Crippen molar-refractivity contribution < 1.29 is 13.9 Å². The van der Waals surface area contributed by atoms with Gasteiger partial charge in [0.1, 0.15) is 11.6 Å². The molecule has 2 aromatic carbocycles. The van der Waals surface area contributed by atoms with Gasteiger partial charge in [-0.2, -0.15) is 0 Å². The van der Waals surface area contributed by atoms with E-state index in [2.05, 4.69) is 19.2 Å². The molecule has 0 saturated heterocycles. The zero-order valence-electron chi connectivity index (χ0n) is 14.2. The Balaban J connectivity index is 1.78. The average molecular weight is 329 g/mol. The van der Waals surface area contributed by atoms with E-state index in [-0.39, 0.29) is 18.3 Å². The Hall–Kier alpha value is -2.36. The minimum Gasteiger partial charge on any atom is -0.483 e. The molecule has 0 saturated carbocycles. The number of carbonyl (C=O) groups excluding carboxylic acids is 1. The topological polar surface area (TPSA) is 38.3 Å². The van der Waals surface area contributed by atoms with E-state index in [0.717, 1.165) is 23.3 Å². The molecule has 0 aliphatic heterocycles. The molecule has 1 atom stereocenters. The van der Waals surface area contributed by atoms with Gasteiger partial charge in [-0.05, 0) is 48.1 Å². The van der Waals surface area contributed by atoms with E-state index in [4.69, 9.17) is 4.74 Å². The first-order chi connectivity index (χ1) is 11.6. The molecule has 0 fully saturated rings. The molecule has 1 N–H and O–H groups in total. The Morgan fingerprint density at radius 3 is 2.58 bits per heavy atom. The predicted octanol–water partition coefficient (Wildman–Crippen LogP) is 4.08. The van der Waals surface area contributed by atoms with E-state index < -0.39 is 0 Å². The van der Waals surface area contributed by atoms with E-state index in [9.17, 15) is 9.18 Å². The first kappa shape index (κ1) is 18.0. The molecule has 0 aromatic heterocycles. The Morgan fingerprint density at radius 2 is 1.88 bits per heavy atom. The first-order valence-corrected chi connectivity index (χ1v) is 8.33. The van der Waals surface area contributed by atoms with E-state index >= 15 is 0 Å². The number of rotatable bonds is 8. The molecule has 2 aromatic rings. The number of hydrogen-bond donors (Lipinski definition) is 1. The summed E-state index contributed by atoms with van der Waals surface area (Å²) in [5.74, 6) is 0.746. The maximum Gasteiger partial charge on any atom is 0.257 e. The van der Waals surface area contributed by atoms with Crippen molar-refractivity contribution >= 4 is 5.91 Å². The highest BCUT2D eigenvalue weighted by atomic mass is 19.1. The van der Waals surface area contributed by atoms with Gasteiger partial charge in [0, 0.05) is 6.54 Å². The van der Waals surface area contributed by atoms with Gasteiger partial charge in [0.2, 0.25) is 0 Å².